The third-order valence-corrected chi connectivity index (χ3v) is 4.28. The fraction of sp³-hybridized carbons (Fsp3) is 0.182. The Hall–Kier alpha value is -1.99. The molecule has 0 fully saturated rings. The van der Waals surface area contributed by atoms with E-state index in [0.29, 0.717) is 0 Å². The van der Waals surface area contributed by atoms with Crippen LogP contribution in [-0.4, -0.2) is 0 Å². The maximum absolute atomic E-state index is 3.91. The number of hydrogen-bond acceptors (Lipinski definition) is 0. The average Bonchev–Trinajstić information content (AvgIpc) is 2.61. The van der Waals surface area contributed by atoms with E-state index in [0.717, 1.165) is 0 Å². The quantitative estimate of drug-likeness (QED) is 0.294. The first kappa shape index (κ1) is 23.3. The predicted molar refractivity (Wildman–Crippen MR) is 112 cm³/mol. The number of allylic oxidation sites excluding steroid dienone is 7. The van der Waals surface area contributed by atoms with Gasteiger partial charge in [-0.2, -0.15) is 0 Å². The topological polar surface area (TPSA) is 0 Å². The van der Waals surface area contributed by atoms with E-state index >= 15 is 0 Å². The van der Waals surface area contributed by atoms with E-state index < -0.39 is 0 Å². The van der Waals surface area contributed by atoms with Crippen LogP contribution in [0.2, 0.25) is 0 Å². The normalized spacial score (nSPS) is 11.7. The molecule has 1 aromatic rings. The number of rotatable bonds is 6. The van der Waals surface area contributed by atoms with Crippen molar-refractivity contribution in [1.29, 1.82) is 0 Å². The van der Waals surface area contributed by atoms with Gasteiger partial charge in [0.05, 0.1) is 10.9 Å². The molecule has 0 N–H and O–H groups in total. The first-order valence-corrected chi connectivity index (χ1v) is 9.13. The molecule has 0 amide bonds. The van der Waals surface area contributed by atoms with Gasteiger partial charge >= 0.3 is 0 Å². The lowest BCUT2D eigenvalue weighted by molar-refractivity contribution is 1.45. The van der Waals surface area contributed by atoms with E-state index in [-0.39, 0.29) is 10.9 Å². The average molecular weight is 328 g/mol. The summed E-state index contributed by atoms with van der Waals surface area (Å²) in [7, 11) is -0.0870. The molecule has 0 saturated heterocycles. The van der Waals surface area contributed by atoms with Gasteiger partial charge in [-0.05, 0) is 44.2 Å². The second kappa shape index (κ2) is 18.1. The zero-order valence-corrected chi connectivity index (χ0v) is 15.9. The van der Waals surface area contributed by atoms with Crippen LogP contribution in [0.4, 0.5) is 0 Å². The monoisotopic (exact) mass is 327 g/mol. The lowest BCUT2D eigenvalue weighted by atomic mass is 10.4. The molecule has 1 heteroatoms. The second-order valence-electron chi connectivity index (χ2n) is 3.92. The van der Waals surface area contributed by atoms with Gasteiger partial charge in [0.1, 0.15) is 5.41 Å². The first-order valence-electron chi connectivity index (χ1n) is 7.84. The summed E-state index contributed by atoms with van der Waals surface area (Å²) >= 11 is 0. The molecule has 0 heterocycles. The molecule has 124 valence electrons. The van der Waals surface area contributed by atoms with Crippen molar-refractivity contribution < 1.29 is 0 Å². The van der Waals surface area contributed by atoms with Crippen molar-refractivity contribution in [2.45, 2.75) is 32.6 Å². The smallest absolute Gasteiger partial charge is 0.103 e. The van der Waals surface area contributed by atoms with E-state index in [1.165, 1.54) is 9.80 Å². The van der Waals surface area contributed by atoms with Crippen LogP contribution >= 0.6 is 0 Å². The van der Waals surface area contributed by atoms with Gasteiger partial charge in [0.15, 0.2) is 9.80 Å². The molecule has 0 aliphatic carbocycles. The molecule has 1 rings (SSSR count). The molecule has 0 aliphatic heterocycles. The summed E-state index contributed by atoms with van der Waals surface area (Å²) in [6.45, 7) is 18.9. The van der Waals surface area contributed by atoms with Crippen molar-refractivity contribution in [2.24, 2.45) is 0 Å². The largest absolute Gasteiger partial charge is 0.165 e. The zero-order valence-electron chi connectivity index (χ0n) is 15.0. The summed E-state index contributed by atoms with van der Waals surface area (Å²) in [6, 6.07) is 10.4. The minimum Gasteiger partial charge on any atom is -0.103 e. The summed E-state index contributed by atoms with van der Waals surface area (Å²) in [6.07, 6.45) is 13.6. The number of benzene rings is 1. The first-order chi connectivity index (χ1) is 11.2. The third-order valence-electron chi connectivity index (χ3n) is 2.26. The van der Waals surface area contributed by atoms with E-state index in [4.69, 9.17) is 0 Å². The lowest BCUT2D eigenvalue weighted by Gasteiger charge is -2.02. The van der Waals surface area contributed by atoms with Crippen LogP contribution in [0.1, 0.15) is 27.7 Å². The maximum atomic E-state index is 3.91. The van der Waals surface area contributed by atoms with Gasteiger partial charge in [0, 0.05) is 0 Å². The summed E-state index contributed by atoms with van der Waals surface area (Å²) in [5.41, 5.74) is 0. The van der Waals surface area contributed by atoms with Crippen molar-refractivity contribution in [1.82, 2.24) is 0 Å². The van der Waals surface area contributed by atoms with Crippen molar-refractivity contribution >= 4 is 10.9 Å². The molecule has 23 heavy (non-hydrogen) atoms. The van der Waals surface area contributed by atoms with Crippen molar-refractivity contribution in [3.05, 3.63) is 103 Å². The molecular formula is C22H31S+. The van der Waals surface area contributed by atoms with Gasteiger partial charge in [0.25, 0.3) is 0 Å². The van der Waals surface area contributed by atoms with Crippen molar-refractivity contribution in [3.63, 3.8) is 0 Å². The molecule has 0 bridgehead atoms. The van der Waals surface area contributed by atoms with Crippen LogP contribution in [-0.2, 0) is 10.9 Å². The SMILES string of the molecule is C=C/C=C/[S+](/C(C=C)=C/C=C\C)c1ccccc1.C=CC.CC. The van der Waals surface area contributed by atoms with Gasteiger partial charge in [-0.3, -0.25) is 0 Å². The molecule has 0 aliphatic rings. The highest BCUT2D eigenvalue weighted by Gasteiger charge is 2.22. The molecule has 0 spiro atoms. The summed E-state index contributed by atoms with van der Waals surface area (Å²) in [5, 5.41) is 2.17. The maximum Gasteiger partial charge on any atom is 0.165 e. The van der Waals surface area contributed by atoms with Gasteiger partial charge < -0.3 is 0 Å². The Balaban J connectivity index is 0. The van der Waals surface area contributed by atoms with E-state index in [1.807, 2.05) is 58.1 Å². The molecular weight excluding hydrogens is 296 g/mol. The predicted octanol–water partition coefficient (Wildman–Crippen LogP) is 7.23. The Morgan fingerprint density at radius 1 is 0.957 bits per heavy atom. The minimum atomic E-state index is -0.0870. The minimum absolute atomic E-state index is 0.0870. The van der Waals surface area contributed by atoms with Crippen LogP contribution in [0.5, 0.6) is 0 Å². The van der Waals surface area contributed by atoms with Crippen LogP contribution < -0.4 is 0 Å². The Morgan fingerprint density at radius 3 is 1.96 bits per heavy atom. The highest BCUT2D eigenvalue weighted by Crippen LogP contribution is 2.24. The molecule has 0 radical (unpaired) electrons. The van der Waals surface area contributed by atoms with Gasteiger partial charge in [0.2, 0.25) is 0 Å². The fourth-order valence-electron chi connectivity index (χ4n) is 1.42. The van der Waals surface area contributed by atoms with Crippen LogP contribution in [0.15, 0.2) is 108 Å². The van der Waals surface area contributed by atoms with Crippen molar-refractivity contribution in [2.75, 3.05) is 0 Å². The van der Waals surface area contributed by atoms with Crippen LogP contribution in [0.3, 0.4) is 0 Å². The highest BCUT2D eigenvalue weighted by molar-refractivity contribution is 8.03. The van der Waals surface area contributed by atoms with Gasteiger partial charge in [-0.1, -0.05) is 69.5 Å². The molecule has 1 atom stereocenters. The van der Waals surface area contributed by atoms with Crippen LogP contribution in [0.25, 0.3) is 0 Å². The molecule has 0 nitrogen and oxygen atoms in total. The van der Waals surface area contributed by atoms with Crippen LogP contribution in [0, 0.1) is 0 Å². The third kappa shape index (κ3) is 11.3. The number of hydrogen-bond donors (Lipinski definition) is 0. The van der Waals surface area contributed by atoms with E-state index in [9.17, 15) is 0 Å². The zero-order chi connectivity index (χ0) is 17.9. The molecule has 1 unspecified atom stereocenters. The summed E-state index contributed by atoms with van der Waals surface area (Å²) in [5.74, 6) is 0. The molecule has 0 aromatic heterocycles. The second-order valence-corrected chi connectivity index (χ2v) is 5.81. The van der Waals surface area contributed by atoms with E-state index in [1.54, 1.807) is 12.2 Å². The Labute approximate surface area is 146 Å². The Bertz CT molecular complexity index is 504. The lowest BCUT2D eigenvalue weighted by Crippen LogP contribution is -2.00. The Morgan fingerprint density at radius 2 is 1.52 bits per heavy atom. The van der Waals surface area contributed by atoms with Gasteiger partial charge in [-0.25, -0.2) is 0 Å². The highest BCUT2D eigenvalue weighted by atomic mass is 32.2. The molecule has 0 saturated carbocycles. The summed E-state index contributed by atoms with van der Waals surface area (Å²) in [4.78, 5) is 2.49. The standard InChI is InChI=1S/C17H19S.C3H6.C2H6/c1-4-7-12-16(6-3)18(15-8-5-2)17-13-10-9-11-14-17;1-3-2;1-2/h4-15H,2-3H2,1H3;3H,1H2,2H3;1-2H3/q+1;;/b7-4-,15-8+,16-12+;;. The fourth-order valence-corrected chi connectivity index (χ4v) is 3.13. The Kier molecular flexibility index (Phi) is 18.3. The van der Waals surface area contributed by atoms with Gasteiger partial charge in [-0.15, -0.1) is 6.58 Å². The molecule has 1 aromatic carbocycles. The van der Waals surface area contributed by atoms with E-state index in [2.05, 4.69) is 55.5 Å². The summed E-state index contributed by atoms with van der Waals surface area (Å²) < 4.78 is 0. The van der Waals surface area contributed by atoms with Crippen molar-refractivity contribution in [3.8, 4) is 0 Å².